The first-order valence-corrected chi connectivity index (χ1v) is 17.1. The van der Waals surface area contributed by atoms with Crippen LogP contribution >= 0.6 is 11.3 Å². The first-order chi connectivity index (χ1) is 24.3. The third-order valence-corrected chi connectivity index (χ3v) is 10.8. The van der Waals surface area contributed by atoms with Crippen LogP contribution in [0.4, 0.5) is 0 Å². The number of thiophene rings is 1. The molecule has 11 rings (SSSR count). The zero-order chi connectivity index (χ0) is 32.1. The van der Waals surface area contributed by atoms with E-state index in [-0.39, 0.29) is 0 Å². The Morgan fingerprint density at radius 1 is 0.469 bits per heavy atom. The molecule has 6 aromatic carbocycles. The normalized spacial score (nSPS) is 12.1. The molecule has 0 saturated carbocycles. The number of fused-ring (bicyclic) bond motifs is 11. The van der Waals surface area contributed by atoms with Gasteiger partial charge in [-0.1, -0.05) is 103 Å². The van der Waals surface area contributed by atoms with Gasteiger partial charge in [0.1, 0.15) is 0 Å². The Morgan fingerprint density at radius 2 is 1.16 bits per heavy atom. The maximum atomic E-state index is 5.49. The van der Waals surface area contributed by atoms with E-state index in [0.717, 1.165) is 70.5 Å². The minimum atomic E-state index is 0.638. The van der Waals surface area contributed by atoms with Gasteiger partial charge in [-0.25, -0.2) is 19.9 Å². The smallest absolute Gasteiger partial charge is 0.235 e. The standard InChI is InChI=1S/C42H24N6S/c1-2-13-26-25(11-1)12-9-17-28(26)37-40-38(31-16-5-8-20-35(31)49-40)46-42(45-37)47-33-19-7-4-15-30(33)36-34(47)22-21-29-27-14-3-6-18-32(27)48(39(29)36)41-43-23-10-24-44-41/h1-24H. The highest BCUT2D eigenvalue weighted by Crippen LogP contribution is 2.44. The third kappa shape index (κ3) is 3.70. The molecule has 0 N–H and O–H groups in total. The molecule has 0 aliphatic carbocycles. The summed E-state index contributed by atoms with van der Waals surface area (Å²) in [4.78, 5) is 20.3. The van der Waals surface area contributed by atoms with Crippen molar-refractivity contribution in [2.75, 3.05) is 0 Å². The molecule has 0 atom stereocenters. The van der Waals surface area contributed by atoms with Crippen molar-refractivity contribution in [2.24, 2.45) is 0 Å². The number of benzene rings is 6. The lowest BCUT2D eigenvalue weighted by Crippen LogP contribution is -2.03. The SMILES string of the molecule is c1cnc(-n2c3ccccc3c3ccc4c(c5ccccc5n4-c4nc(-c5cccc6ccccc56)c5sc6ccccc6c5n4)c32)nc1. The Labute approximate surface area is 283 Å². The van der Waals surface area contributed by atoms with Crippen molar-refractivity contribution >= 4 is 86.0 Å². The van der Waals surface area contributed by atoms with Gasteiger partial charge in [0.05, 0.1) is 38.0 Å². The first kappa shape index (κ1) is 26.6. The summed E-state index contributed by atoms with van der Waals surface area (Å²) in [6, 6.07) is 46.9. The minimum Gasteiger partial charge on any atom is -0.278 e. The van der Waals surface area contributed by atoms with Crippen LogP contribution in [0.5, 0.6) is 0 Å². The lowest BCUT2D eigenvalue weighted by molar-refractivity contribution is 0.990. The van der Waals surface area contributed by atoms with Gasteiger partial charge in [-0.3, -0.25) is 9.13 Å². The summed E-state index contributed by atoms with van der Waals surface area (Å²) < 4.78 is 6.72. The molecule has 0 radical (unpaired) electrons. The predicted octanol–water partition coefficient (Wildman–Crippen LogP) is 10.6. The van der Waals surface area contributed by atoms with E-state index in [1.54, 1.807) is 23.7 Å². The number of hydrogen-bond donors (Lipinski definition) is 0. The number of aromatic nitrogens is 6. The lowest BCUT2D eigenvalue weighted by atomic mass is 10.0. The fourth-order valence-electron chi connectivity index (χ4n) is 7.63. The summed E-state index contributed by atoms with van der Waals surface area (Å²) in [7, 11) is 0. The van der Waals surface area contributed by atoms with E-state index in [2.05, 4.69) is 137 Å². The van der Waals surface area contributed by atoms with Gasteiger partial charge >= 0.3 is 0 Å². The molecule has 6 nitrogen and oxygen atoms in total. The van der Waals surface area contributed by atoms with Crippen LogP contribution in [0.25, 0.3) is 97.8 Å². The van der Waals surface area contributed by atoms with Crippen LogP contribution in [0.2, 0.25) is 0 Å². The fourth-order valence-corrected chi connectivity index (χ4v) is 8.78. The molecular weight excluding hydrogens is 621 g/mol. The zero-order valence-electron chi connectivity index (χ0n) is 25.9. The van der Waals surface area contributed by atoms with Crippen molar-refractivity contribution in [3.8, 4) is 23.2 Å². The highest BCUT2D eigenvalue weighted by atomic mass is 32.1. The quantitative estimate of drug-likeness (QED) is 0.192. The molecule has 0 saturated heterocycles. The molecule has 0 amide bonds. The van der Waals surface area contributed by atoms with Gasteiger partial charge in [-0.15, -0.1) is 11.3 Å². The molecule has 5 aromatic heterocycles. The van der Waals surface area contributed by atoms with E-state index in [4.69, 9.17) is 19.9 Å². The summed E-state index contributed by atoms with van der Waals surface area (Å²) in [5.41, 5.74) is 7.20. The van der Waals surface area contributed by atoms with Gasteiger partial charge in [0.2, 0.25) is 11.9 Å². The third-order valence-electron chi connectivity index (χ3n) is 9.67. The minimum absolute atomic E-state index is 0.638. The van der Waals surface area contributed by atoms with Crippen LogP contribution in [-0.2, 0) is 0 Å². The maximum absolute atomic E-state index is 5.49. The highest BCUT2D eigenvalue weighted by molar-refractivity contribution is 7.26. The topological polar surface area (TPSA) is 61.4 Å². The van der Waals surface area contributed by atoms with E-state index < -0.39 is 0 Å². The number of hydrogen-bond acceptors (Lipinski definition) is 5. The predicted molar refractivity (Wildman–Crippen MR) is 202 cm³/mol. The lowest BCUT2D eigenvalue weighted by Gasteiger charge is -2.12. The van der Waals surface area contributed by atoms with Crippen LogP contribution in [0, 0.1) is 0 Å². The summed E-state index contributed by atoms with van der Waals surface area (Å²) in [6.45, 7) is 0. The number of para-hydroxylation sites is 2. The molecule has 11 aromatic rings. The Hall–Kier alpha value is -6.44. The van der Waals surface area contributed by atoms with Gasteiger partial charge in [0, 0.05) is 49.6 Å². The van der Waals surface area contributed by atoms with Gasteiger partial charge in [-0.05, 0) is 41.1 Å². The second kappa shape index (κ2) is 10.0. The van der Waals surface area contributed by atoms with Gasteiger partial charge < -0.3 is 0 Å². The van der Waals surface area contributed by atoms with E-state index >= 15 is 0 Å². The largest absolute Gasteiger partial charge is 0.278 e. The molecular formula is C42H24N6S. The summed E-state index contributed by atoms with van der Waals surface area (Å²) >= 11 is 1.76. The summed E-state index contributed by atoms with van der Waals surface area (Å²) in [6.07, 6.45) is 3.60. The van der Waals surface area contributed by atoms with Crippen molar-refractivity contribution in [2.45, 2.75) is 0 Å². The van der Waals surface area contributed by atoms with Crippen molar-refractivity contribution in [1.29, 1.82) is 0 Å². The van der Waals surface area contributed by atoms with E-state index in [1.165, 1.54) is 15.5 Å². The maximum Gasteiger partial charge on any atom is 0.235 e. The monoisotopic (exact) mass is 644 g/mol. The van der Waals surface area contributed by atoms with Crippen molar-refractivity contribution in [3.63, 3.8) is 0 Å². The second-order valence-electron chi connectivity index (χ2n) is 12.3. The highest BCUT2D eigenvalue weighted by Gasteiger charge is 2.24. The van der Waals surface area contributed by atoms with Crippen molar-refractivity contribution < 1.29 is 0 Å². The van der Waals surface area contributed by atoms with Crippen LogP contribution in [0.3, 0.4) is 0 Å². The molecule has 0 aliphatic rings. The molecule has 0 bridgehead atoms. The van der Waals surface area contributed by atoms with Gasteiger partial charge in [0.15, 0.2) is 0 Å². The van der Waals surface area contributed by atoms with E-state index in [1.807, 2.05) is 6.07 Å². The Bertz CT molecular complexity index is 3110. The van der Waals surface area contributed by atoms with Crippen LogP contribution in [0.15, 0.2) is 146 Å². The molecule has 0 spiro atoms. The van der Waals surface area contributed by atoms with Crippen LogP contribution in [-0.4, -0.2) is 29.1 Å². The Kier molecular flexibility index (Phi) is 5.45. The molecule has 0 aliphatic heterocycles. The van der Waals surface area contributed by atoms with Gasteiger partial charge in [-0.2, -0.15) is 0 Å². The first-order valence-electron chi connectivity index (χ1n) is 16.2. The Balaban J connectivity index is 1.32. The summed E-state index contributed by atoms with van der Waals surface area (Å²) in [5.74, 6) is 1.28. The molecule has 0 unspecified atom stereocenters. The van der Waals surface area contributed by atoms with Crippen LogP contribution < -0.4 is 0 Å². The van der Waals surface area contributed by atoms with E-state index in [0.29, 0.717) is 11.9 Å². The fraction of sp³-hybridized carbons (Fsp3) is 0. The van der Waals surface area contributed by atoms with Gasteiger partial charge in [0.25, 0.3) is 0 Å². The van der Waals surface area contributed by atoms with Crippen LogP contribution in [0.1, 0.15) is 0 Å². The molecule has 7 heteroatoms. The number of nitrogens with zero attached hydrogens (tertiary/aromatic N) is 6. The zero-order valence-corrected chi connectivity index (χ0v) is 26.8. The Morgan fingerprint density at radius 3 is 2.02 bits per heavy atom. The average Bonchev–Trinajstić information content (AvgIpc) is 3.82. The van der Waals surface area contributed by atoms with Crippen molar-refractivity contribution in [1.82, 2.24) is 29.1 Å². The molecule has 5 heterocycles. The van der Waals surface area contributed by atoms with Crippen molar-refractivity contribution in [3.05, 3.63) is 146 Å². The molecule has 49 heavy (non-hydrogen) atoms. The summed E-state index contributed by atoms with van der Waals surface area (Å²) in [5, 5.41) is 8.03. The molecule has 0 fully saturated rings. The van der Waals surface area contributed by atoms with E-state index in [9.17, 15) is 0 Å². The second-order valence-corrected chi connectivity index (χ2v) is 13.3. The number of rotatable bonds is 3. The molecule has 228 valence electrons. The average molecular weight is 645 g/mol.